The summed E-state index contributed by atoms with van der Waals surface area (Å²) in [6.07, 6.45) is 1.04. The number of oxazole rings is 1. The Morgan fingerprint density at radius 2 is 1.89 bits per heavy atom. The van der Waals surface area contributed by atoms with Crippen LogP contribution in [0.2, 0.25) is 0 Å². The van der Waals surface area contributed by atoms with E-state index in [1.54, 1.807) is 18.3 Å². The van der Waals surface area contributed by atoms with E-state index >= 15 is 0 Å². The maximum absolute atomic E-state index is 14.0. The lowest BCUT2D eigenvalue weighted by atomic mass is 9.93. The van der Waals surface area contributed by atoms with Gasteiger partial charge in [0.05, 0.1) is 52.5 Å². The molecule has 0 bridgehead atoms. The first-order valence-corrected chi connectivity index (χ1v) is 14.6. The molecule has 234 valence electrons. The Morgan fingerprint density at radius 1 is 1.11 bits per heavy atom. The van der Waals surface area contributed by atoms with Crippen molar-refractivity contribution in [1.29, 1.82) is 10.5 Å². The minimum absolute atomic E-state index is 0.0816. The summed E-state index contributed by atoms with van der Waals surface area (Å²) in [6.45, 7) is 8.59. The summed E-state index contributed by atoms with van der Waals surface area (Å²) in [5.41, 5.74) is 2.28. The maximum atomic E-state index is 14.0. The number of nitriles is 2. The second-order valence-electron chi connectivity index (χ2n) is 12.7. The summed E-state index contributed by atoms with van der Waals surface area (Å²) in [5, 5.41) is 35.4. The Morgan fingerprint density at radius 3 is 2.52 bits per heavy atom. The van der Waals surface area contributed by atoms with Crippen molar-refractivity contribution in [2.75, 3.05) is 17.2 Å². The number of fused-ring (bicyclic) bond motifs is 1. The van der Waals surface area contributed by atoms with Gasteiger partial charge in [0.15, 0.2) is 17.7 Å². The van der Waals surface area contributed by atoms with Crippen LogP contribution in [0.25, 0.3) is 22.2 Å². The maximum Gasteiger partial charge on any atom is 0.413 e. The van der Waals surface area contributed by atoms with Crippen molar-refractivity contribution >= 4 is 22.3 Å². The van der Waals surface area contributed by atoms with Gasteiger partial charge >= 0.3 is 6.18 Å². The van der Waals surface area contributed by atoms with Gasteiger partial charge < -0.3 is 15.1 Å². The van der Waals surface area contributed by atoms with Crippen molar-refractivity contribution in [3.8, 4) is 23.5 Å². The molecule has 6 rings (SSSR count). The van der Waals surface area contributed by atoms with Gasteiger partial charge in [-0.05, 0) is 48.4 Å². The first-order valence-electron chi connectivity index (χ1n) is 14.6. The fourth-order valence-electron chi connectivity index (χ4n) is 5.53. The summed E-state index contributed by atoms with van der Waals surface area (Å²) in [7, 11) is 0. The third-order valence-electron chi connectivity index (χ3n) is 8.20. The zero-order chi connectivity index (χ0) is 32.9. The van der Waals surface area contributed by atoms with Crippen LogP contribution >= 0.6 is 0 Å². The lowest BCUT2D eigenvalue weighted by Crippen LogP contribution is -2.35. The molecule has 1 fully saturated rings. The van der Waals surface area contributed by atoms with Crippen LogP contribution in [0.15, 0.2) is 59.7 Å². The van der Waals surface area contributed by atoms with Gasteiger partial charge in [-0.2, -0.15) is 23.7 Å². The van der Waals surface area contributed by atoms with Gasteiger partial charge in [-0.25, -0.2) is 9.67 Å². The lowest BCUT2D eigenvalue weighted by Gasteiger charge is -2.24. The third-order valence-corrected chi connectivity index (χ3v) is 8.20. The molecule has 10 nitrogen and oxygen atoms in total. The van der Waals surface area contributed by atoms with E-state index in [1.165, 1.54) is 18.8 Å². The lowest BCUT2D eigenvalue weighted by molar-refractivity contribution is -0.182. The Balaban J connectivity index is 1.52. The van der Waals surface area contributed by atoms with Crippen LogP contribution in [0.1, 0.15) is 67.6 Å². The molecule has 2 aromatic carbocycles. The first kappa shape index (κ1) is 30.6. The largest absolute Gasteiger partial charge is 0.444 e. The van der Waals surface area contributed by atoms with Crippen LogP contribution in [-0.2, 0) is 5.54 Å². The van der Waals surface area contributed by atoms with E-state index in [9.17, 15) is 23.7 Å². The van der Waals surface area contributed by atoms with E-state index in [4.69, 9.17) is 4.42 Å². The number of aromatic nitrogens is 5. The molecule has 1 aliphatic carbocycles. The number of alkyl halides is 3. The van der Waals surface area contributed by atoms with Gasteiger partial charge in [-0.3, -0.25) is 4.98 Å². The highest BCUT2D eigenvalue weighted by molar-refractivity contribution is 6.01. The summed E-state index contributed by atoms with van der Waals surface area (Å²) in [6, 6.07) is 12.4. The second kappa shape index (κ2) is 11.2. The fourth-order valence-corrected chi connectivity index (χ4v) is 5.53. The van der Waals surface area contributed by atoms with E-state index in [2.05, 4.69) is 63.8 Å². The Hall–Kier alpha value is -5.43. The van der Waals surface area contributed by atoms with Crippen LogP contribution < -0.4 is 10.6 Å². The Bertz CT molecular complexity index is 2010. The van der Waals surface area contributed by atoms with Gasteiger partial charge in [0.2, 0.25) is 0 Å². The number of hydrogen-bond donors (Lipinski definition) is 2. The summed E-state index contributed by atoms with van der Waals surface area (Å²) in [4.78, 5) is 8.62. The van der Waals surface area contributed by atoms with Crippen LogP contribution in [0.5, 0.6) is 0 Å². The average molecular weight is 626 g/mol. The first-order chi connectivity index (χ1) is 21.8. The van der Waals surface area contributed by atoms with Crippen molar-refractivity contribution in [3.05, 3.63) is 83.3 Å². The smallest absolute Gasteiger partial charge is 0.413 e. The van der Waals surface area contributed by atoms with E-state index < -0.39 is 17.8 Å². The molecular formula is C33H30F3N9O. The standard InChI is InChI=1S/C33H30F3N9O/c1-19-22(27-15-39-18-46-27)6-5-7-23(19)30(26-16-45(44-43-26)32(8-9-32)33(34,35)36)42-25-11-20(12-37)10-24-28(41-17-31(2,3)4)21(13-38)14-40-29(24)25/h5-7,10-11,14-16,18,30,42H,8-9,17H2,1-4H3,(H,40,41)/t30-/m0/s1. The van der Waals surface area contributed by atoms with Crippen LogP contribution in [0, 0.1) is 35.0 Å². The predicted octanol–water partition coefficient (Wildman–Crippen LogP) is 7.24. The second-order valence-corrected chi connectivity index (χ2v) is 12.7. The average Bonchev–Trinajstić information content (AvgIpc) is 3.41. The van der Waals surface area contributed by atoms with Crippen molar-refractivity contribution in [3.63, 3.8) is 0 Å². The highest BCUT2D eigenvalue weighted by Gasteiger charge is 2.66. The molecular weight excluding hydrogens is 595 g/mol. The zero-order valence-corrected chi connectivity index (χ0v) is 25.6. The SMILES string of the molecule is Cc1c(-c2cnco2)cccc1[C@H](Nc1cc(C#N)cc2c(NCC(C)(C)C)c(C#N)cnc12)c1cn(C2(C(F)(F)F)CC2)nn1. The summed E-state index contributed by atoms with van der Waals surface area (Å²) < 4.78 is 48.6. The van der Waals surface area contributed by atoms with Crippen molar-refractivity contribution in [2.45, 2.75) is 58.3 Å². The molecule has 3 heterocycles. The van der Waals surface area contributed by atoms with Crippen molar-refractivity contribution < 1.29 is 17.6 Å². The molecule has 0 spiro atoms. The molecule has 1 saturated carbocycles. The highest BCUT2D eigenvalue weighted by Crippen LogP contribution is 2.55. The third kappa shape index (κ3) is 5.49. The van der Waals surface area contributed by atoms with E-state index in [1.807, 2.05) is 25.1 Å². The molecule has 0 aliphatic heterocycles. The monoisotopic (exact) mass is 625 g/mol. The molecule has 0 saturated heterocycles. The number of benzene rings is 2. The van der Waals surface area contributed by atoms with Crippen LogP contribution in [-0.4, -0.2) is 37.7 Å². The molecule has 3 aromatic heterocycles. The van der Waals surface area contributed by atoms with Crippen LogP contribution in [0.3, 0.4) is 0 Å². The number of nitrogens with one attached hydrogen (secondary N) is 2. The number of pyridine rings is 1. The highest BCUT2D eigenvalue weighted by atomic mass is 19.4. The topological polar surface area (TPSA) is 141 Å². The molecule has 1 aliphatic rings. The van der Waals surface area contributed by atoms with Gasteiger partial charge in [-0.1, -0.05) is 44.2 Å². The number of rotatable bonds is 8. The van der Waals surface area contributed by atoms with Crippen LogP contribution in [0.4, 0.5) is 24.5 Å². The van der Waals surface area contributed by atoms with Crippen molar-refractivity contribution in [1.82, 2.24) is 25.0 Å². The van der Waals surface area contributed by atoms with Gasteiger partial charge in [-0.15, -0.1) is 5.10 Å². The quantitative estimate of drug-likeness (QED) is 0.182. The Kier molecular flexibility index (Phi) is 7.43. The minimum atomic E-state index is -4.49. The predicted molar refractivity (Wildman–Crippen MR) is 165 cm³/mol. The molecule has 46 heavy (non-hydrogen) atoms. The van der Waals surface area contributed by atoms with Gasteiger partial charge in [0.25, 0.3) is 0 Å². The fraction of sp³-hybridized carbons (Fsp3) is 0.333. The molecule has 0 radical (unpaired) electrons. The number of hydrogen-bond acceptors (Lipinski definition) is 9. The molecule has 13 heteroatoms. The normalized spacial score (nSPS) is 14.8. The number of anilines is 2. The van der Waals surface area contributed by atoms with Gasteiger partial charge in [0, 0.05) is 23.7 Å². The Labute approximate surface area is 262 Å². The van der Waals surface area contributed by atoms with E-state index in [0.29, 0.717) is 51.3 Å². The summed E-state index contributed by atoms with van der Waals surface area (Å²) in [5.74, 6) is 0.521. The van der Waals surface area contributed by atoms with Crippen molar-refractivity contribution in [2.24, 2.45) is 5.41 Å². The van der Waals surface area contributed by atoms with E-state index in [0.717, 1.165) is 15.8 Å². The molecule has 0 amide bonds. The molecule has 0 unspecified atom stereocenters. The molecule has 1 atom stereocenters. The molecule has 5 aromatic rings. The molecule has 2 N–H and O–H groups in total. The minimum Gasteiger partial charge on any atom is -0.444 e. The number of halogens is 3. The summed E-state index contributed by atoms with van der Waals surface area (Å²) >= 11 is 0. The van der Waals surface area contributed by atoms with Gasteiger partial charge in [0.1, 0.15) is 11.8 Å². The number of nitrogens with zero attached hydrogens (tertiary/aromatic N) is 7. The van der Waals surface area contributed by atoms with E-state index in [-0.39, 0.29) is 24.0 Å². The zero-order valence-electron chi connectivity index (χ0n) is 25.6.